The minimum atomic E-state index is -0.109. The number of anilines is 3. The van der Waals surface area contributed by atoms with Crippen LogP contribution in [0.2, 0.25) is 0 Å². The smallest absolute Gasteiger partial charge is 0.267 e. The number of amides is 1. The van der Waals surface area contributed by atoms with Crippen LogP contribution in [0.5, 0.6) is 0 Å². The van der Waals surface area contributed by atoms with Crippen LogP contribution in [0, 0.1) is 6.92 Å². The monoisotopic (exact) mass is 365 g/mol. The molecule has 1 N–H and O–H groups in total. The Morgan fingerprint density at radius 2 is 1.92 bits per heavy atom. The van der Waals surface area contributed by atoms with Gasteiger partial charge in [-0.05, 0) is 36.6 Å². The molecule has 3 rings (SSSR count). The quantitative estimate of drug-likeness (QED) is 0.634. The highest BCUT2D eigenvalue weighted by atomic mass is 32.1. The Labute approximate surface area is 158 Å². The van der Waals surface area contributed by atoms with Crippen LogP contribution in [0.15, 0.2) is 54.7 Å². The maximum atomic E-state index is 12.7. The molecule has 0 saturated heterocycles. The molecule has 134 valence electrons. The molecular weight excluding hydrogens is 342 g/mol. The summed E-state index contributed by atoms with van der Waals surface area (Å²) in [5.74, 6) is -0.109. The molecule has 0 spiro atoms. The van der Waals surface area contributed by atoms with E-state index in [0.29, 0.717) is 4.88 Å². The minimum absolute atomic E-state index is 0.109. The number of nitrogens with zero attached hydrogens (tertiary/aromatic N) is 2. The molecule has 1 heterocycles. The number of aromatic nitrogens is 1. The molecule has 0 bridgehead atoms. The van der Waals surface area contributed by atoms with Crippen molar-refractivity contribution in [2.45, 2.75) is 26.7 Å². The van der Waals surface area contributed by atoms with Gasteiger partial charge < -0.3 is 10.2 Å². The normalized spacial score (nSPS) is 10.6. The number of hydrogen-bond donors (Lipinski definition) is 1. The second kappa shape index (κ2) is 8.15. The van der Waals surface area contributed by atoms with Gasteiger partial charge in [-0.15, -0.1) is 0 Å². The van der Waals surface area contributed by atoms with E-state index in [4.69, 9.17) is 0 Å². The first kappa shape index (κ1) is 18.1. The van der Waals surface area contributed by atoms with Crippen molar-refractivity contribution in [2.75, 3.05) is 17.3 Å². The summed E-state index contributed by atoms with van der Waals surface area (Å²) in [6, 6.07) is 16.1. The number of nitrogens with one attached hydrogen (secondary N) is 1. The molecule has 0 aliphatic heterocycles. The number of carbonyl (C=O) groups excluding carboxylic acids is 1. The molecular formula is C21H23N3OS. The Hall–Kier alpha value is -2.66. The molecule has 2 aromatic carbocycles. The number of thiazole rings is 1. The summed E-state index contributed by atoms with van der Waals surface area (Å²) in [5, 5.41) is 3.88. The topological polar surface area (TPSA) is 45.2 Å². The van der Waals surface area contributed by atoms with Gasteiger partial charge in [0.25, 0.3) is 5.91 Å². The minimum Gasteiger partial charge on any atom is -0.321 e. The Kier molecular flexibility index (Phi) is 5.68. The predicted octanol–water partition coefficient (Wildman–Crippen LogP) is 5.42. The van der Waals surface area contributed by atoms with Crippen molar-refractivity contribution in [3.05, 3.63) is 70.7 Å². The van der Waals surface area contributed by atoms with E-state index in [-0.39, 0.29) is 5.91 Å². The lowest BCUT2D eigenvalue weighted by Gasteiger charge is -2.15. The lowest BCUT2D eigenvalue weighted by atomic mass is 10.0. The van der Waals surface area contributed by atoms with Gasteiger partial charge in [-0.2, -0.15) is 0 Å². The fraction of sp³-hybridized carbons (Fsp3) is 0.238. The molecule has 1 amide bonds. The number of rotatable bonds is 6. The van der Waals surface area contributed by atoms with Crippen LogP contribution in [-0.4, -0.2) is 17.9 Å². The Balaban J connectivity index is 1.79. The van der Waals surface area contributed by atoms with Crippen molar-refractivity contribution in [3.8, 4) is 0 Å². The van der Waals surface area contributed by atoms with E-state index in [1.807, 2.05) is 61.3 Å². The number of carbonyl (C=O) groups is 1. The lowest BCUT2D eigenvalue weighted by molar-refractivity contribution is 0.103. The highest BCUT2D eigenvalue weighted by molar-refractivity contribution is 7.17. The van der Waals surface area contributed by atoms with Crippen LogP contribution in [0.1, 0.15) is 34.1 Å². The highest BCUT2D eigenvalue weighted by Crippen LogP contribution is 2.29. The van der Waals surface area contributed by atoms with Crippen LogP contribution in [0.3, 0.4) is 0 Å². The largest absolute Gasteiger partial charge is 0.321 e. The van der Waals surface area contributed by atoms with E-state index in [1.165, 1.54) is 16.9 Å². The molecule has 0 unspecified atom stereocenters. The van der Waals surface area contributed by atoms with Gasteiger partial charge in [0.1, 0.15) is 4.88 Å². The molecule has 0 radical (unpaired) electrons. The van der Waals surface area contributed by atoms with Crippen molar-refractivity contribution in [1.29, 1.82) is 0 Å². The third kappa shape index (κ3) is 3.94. The van der Waals surface area contributed by atoms with E-state index in [2.05, 4.69) is 23.3 Å². The maximum absolute atomic E-state index is 12.7. The Morgan fingerprint density at radius 3 is 2.65 bits per heavy atom. The first-order valence-electron chi connectivity index (χ1n) is 8.74. The summed E-state index contributed by atoms with van der Waals surface area (Å²) in [4.78, 5) is 19.7. The standard InChI is InChI=1S/C21H23N3OS/c1-4-9-16-11-8-10-15(2)19(16)23-20(25)18-14-22-21(26-18)24(3)17-12-6-5-7-13-17/h5-8,10-14H,4,9H2,1-3H3,(H,23,25). The summed E-state index contributed by atoms with van der Waals surface area (Å²) in [6.07, 6.45) is 3.63. The van der Waals surface area contributed by atoms with Crippen molar-refractivity contribution in [1.82, 2.24) is 4.98 Å². The van der Waals surface area contributed by atoms with E-state index < -0.39 is 0 Å². The maximum Gasteiger partial charge on any atom is 0.267 e. The molecule has 0 aliphatic rings. The van der Waals surface area contributed by atoms with E-state index in [1.54, 1.807) is 6.20 Å². The average molecular weight is 366 g/mol. The summed E-state index contributed by atoms with van der Waals surface area (Å²) < 4.78 is 0. The van der Waals surface area contributed by atoms with Crippen molar-refractivity contribution >= 4 is 33.8 Å². The first-order valence-corrected chi connectivity index (χ1v) is 9.56. The number of benzene rings is 2. The zero-order valence-corrected chi connectivity index (χ0v) is 16.1. The third-order valence-electron chi connectivity index (χ3n) is 4.26. The van der Waals surface area contributed by atoms with E-state index >= 15 is 0 Å². The van der Waals surface area contributed by atoms with Crippen molar-refractivity contribution in [3.63, 3.8) is 0 Å². The Morgan fingerprint density at radius 1 is 1.15 bits per heavy atom. The molecule has 0 aliphatic carbocycles. The van der Waals surface area contributed by atoms with Gasteiger partial charge in [-0.3, -0.25) is 4.79 Å². The Bertz CT molecular complexity index is 889. The molecule has 4 nitrogen and oxygen atoms in total. The second-order valence-electron chi connectivity index (χ2n) is 6.21. The van der Waals surface area contributed by atoms with Gasteiger partial charge >= 0.3 is 0 Å². The van der Waals surface area contributed by atoms with Gasteiger partial charge in [-0.25, -0.2) is 4.98 Å². The number of hydrogen-bond acceptors (Lipinski definition) is 4. The van der Waals surface area contributed by atoms with Crippen LogP contribution >= 0.6 is 11.3 Å². The molecule has 26 heavy (non-hydrogen) atoms. The molecule has 0 saturated carbocycles. The molecule has 3 aromatic rings. The summed E-state index contributed by atoms with van der Waals surface area (Å²) >= 11 is 1.39. The fourth-order valence-corrected chi connectivity index (χ4v) is 3.64. The molecule has 0 fully saturated rings. The first-order chi connectivity index (χ1) is 12.6. The van der Waals surface area contributed by atoms with Gasteiger partial charge in [0, 0.05) is 18.4 Å². The predicted molar refractivity (Wildman–Crippen MR) is 110 cm³/mol. The van der Waals surface area contributed by atoms with Gasteiger partial charge in [-0.1, -0.05) is 61.1 Å². The zero-order chi connectivity index (χ0) is 18.5. The van der Waals surface area contributed by atoms with Crippen molar-refractivity contribution in [2.24, 2.45) is 0 Å². The summed E-state index contributed by atoms with van der Waals surface area (Å²) in [5.41, 5.74) is 4.21. The third-order valence-corrected chi connectivity index (χ3v) is 5.34. The second-order valence-corrected chi connectivity index (χ2v) is 7.22. The van der Waals surface area contributed by atoms with Crippen LogP contribution < -0.4 is 10.2 Å². The fourth-order valence-electron chi connectivity index (χ4n) is 2.85. The lowest BCUT2D eigenvalue weighted by Crippen LogP contribution is -2.13. The average Bonchev–Trinajstić information content (AvgIpc) is 3.15. The highest BCUT2D eigenvalue weighted by Gasteiger charge is 2.16. The van der Waals surface area contributed by atoms with E-state index in [0.717, 1.165) is 34.9 Å². The zero-order valence-electron chi connectivity index (χ0n) is 15.3. The van der Waals surface area contributed by atoms with Crippen LogP contribution in [-0.2, 0) is 6.42 Å². The van der Waals surface area contributed by atoms with Crippen molar-refractivity contribution < 1.29 is 4.79 Å². The molecule has 1 aromatic heterocycles. The van der Waals surface area contributed by atoms with Gasteiger partial charge in [0.05, 0.1) is 6.20 Å². The summed E-state index contributed by atoms with van der Waals surface area (Å²) in [6.45, 7) is 4.17. The van der Waals surface area contributed by atoms with Gasteiger partial charge in [0.2, 0.25) is 0 Å². The number of aryl methyl sites for hydroxylation is 2. The molecule has 5 heteroatoms. The van der Waals surface area contributed by atoms with Crippen LogP contribution in [0.25, 0.3) is 0 Å². The van der Waals surface area contributed by atoms with Gasteiger partial charge in [0.15, 0.2) is 5.13 Å². The summed E-state index contributed by atoms with van der Waals surface area (Å²) in [7, 11) is 1.95. The SMILES string of the molecule is CCCc1cccc(C)c1NC(=O)c1cnc(N(C)c2ccccc2)s1. The number of para-hydroxylation sites is 2. The van der Waals surface area contributed by atoms with E-state index in [9.17, 15) is 4.79 Å². The molecule has 0 atom stereocenters. The van der Waals surface area contributed by atoms with Crippen LogP contribution in [0.4, 0.5) is 16.5 Å².